The summed E-state index contributed by atoms with van der Waals surface area (Å²) in [5.41, 5.74) is 16.7. The lowest BCUT2D eigenvalue weighted by Crippen LogP contribution is -2.16. The van der Waals surface area contributed by atoms with Crippen molar-refractivity contribution < 1.29 is 0 Å². The third kappa shape index (κ3) is 7.71. The van der Waals surface area contributed by atoms with E-state index in [0.717, 1.165) is 45.3 Å². The number of fused-ring (bicyclic) bond motifs is 7. The van der Waals surface area contributed by atoms with Crippen molar-refractivity contribution in [2.45, 2.75) is 19.3 Å². The minimum atomic E-state index is -0.199. The quantitative estimate of drug-likeness (QED) is 0.133. The number of rotatable bonds is 9. The highest BCUT2D eigenvalue weighted by atomic mass is 15.1. The maximum absolute atomic E-state index is 2.43. The van der Waals surface area contributed by atoms with Crippen LogP contribution in [0.4, 0.5) is 34.1 Å². The van der Waals surface area contributed by atoms with Crippen LogP contribution in [0.2, 0.25) is 0 Å². The van der Waals surface area contributed by atoms with Crippen LogP contribution in [0, 0.1) is 0 Å². The Labute approximate surface area is 415 Å². The molecule has 0 unspecified atom stereocenters. The van der Waals surface area contributed by atoms with E-state index in [-0.39, 0.29) is 5.41 Å². The summed E-state index contributed by atoms with van der Waals surface area (Å²) in [6.45, 7) is 4.76. The van der Waals surface area contributed by atoms with Gasteiger partial charge in [-0.3, -0.25) is 0 Å². The lowest BCUT2D eigenvalue weighted by Gasteiger charge is -2.28. The van der Waals surface area contributed by atoms with Gasteiger partial charge in [0.15, 0.2) is 0 Å². The molecule has 1 aliphatic carbocycles. The molecule has 0 heterocycles. The highest BCUT2D eigenvalue weighted by molar-refractivity contribution is 5.95. The fourth-order valence-electron chi connectivity index (χ4n) is 10.9. The molecule has 2 nitrogen and oxygen atoms in total. The second kappa shape index (κ2) is 17.2. The SMILES string of the molecule is CC1(C)c2cc(-c3ccc(/C=C/c4ccc(N(c5ccc6ccccc6c5)c5ccc6ccccc6c5)cc4)cc3)ccc2-c2ccc(N(c3ccc4ccccc4c3)c3ccc4ccccc4c3)cc21. The van der Waals surface area contributed by atoms with Crippen LogP contribution in [0.1, 0.15) is 36.1 Å². The largest absolute Gasteiger partial charge is 0.310 e. The first-order chi connectivity index (χ1) is 34.9. The van der Waals surface area contributed by atoms with Crippen LogP contribution in [0.15, 0.2) is 255 Å². The van der Waals surface area contributed by atoms with Crippen molar-refractivity contribution in [2.75, 3.05) is 9.80 Å². The van der Waals surface area contributed by atoms with Crippen molar-refractivity contribution in [1.29, 1.82) is 0 Å². The Hall–Kier alpha value is -8.98. The maximum atomic E-state index is 2.43. The Balaban J connectivity index is 0.767. The van der Waals surface area contributed by atoms with Crippen LogP contribution >= 0.6 is 0 Å². The zero-order chi connectivity index (χ0) is 47.5. The van der Waals surface area contributed by atoms with Crippen molar-refractivity contribution in [2.24, 2.45) is 0 Å². The van der Waals surface area contributed by atoms with E-state index in [9.17, 15) is 0 Å². The van der Waals surface area contributed by atoms with Gasteiger partial charge in [0.05, 0.1) is 0 Å². The fourth-order valence-corrected chi connectivity index (χ4v) is 10.9. The summed E-state index contributed by atoms with van der Waals surface area (Å²) >= 11 is 0. The Bertz CT molecular complexity index is 3870. The van der Waals surface area contributed by atoms with Gasteiger partial charge >= 0.3 is 0 Å². The van der Waals surface area contributed by atoms with Gasteiger partial charge in [-0.1, -0.05) is 202 Å². The molecule has 0 saturated heterocycles. The first-order valence-electron chi connectivity index (χ1n) is 24.6. The molecule has 336 valence electrons. The molecule has 12 aromatic rings. The Morgan fingerprint density at radius 2 is 0.577 bits per heavy atom. The molecule has 0 bridgehead atoms. The summed E-state index contributed by atoms with van der Waals surface area (Å²) in [6.07, 6.45) is 4.42. The summed E-state index contributed by atoms with van der Waals surface area (Å²) in [4.78, 5) is 4.78. The van der Waals surface area contributed by atoms with Gasteiger partial charge in [0, 0.05) is 39.5 Å². The molecule has 0 spiro atoms. The first kappa shape index (κ1) is 42.1. The topological polar surface area (TPSA) is 6.48 Å². The van der Waals surface area contributed by atoms with Crippen LogP contribution in [0.3, 0.4) is 0 Å². The minimum absolute atomic E-state index is 0.199. The summed E-state index contributed by atoms with van der Waals surface area (Å²) < 4.78 is 0. The molecule has 71 heavy (non-hydrogen) atoms. The van der Waals surface area contributed by atoms with Gasteiger partial charge in [-0.25, -0.2) is 0 Å². The summed E-state index contributed by atoms with van der Waals surface area (Å²) in [5.74, 6) is 0. The van der Waals surface area contributed by atoms with Gasteiger partial charge in [0.25, 0.3) is 0 Å². The molecule has 13 rings (SSSR count). The van der Waals surface area contributed by atoms with E-state index in [1.54, 1.807) is 0 Å². The average molecular weight is 907 g/mol. The highest BCUT2D eigenvalue weighted by Gasteiger charge is 2.36. The third-order valence-corrected chi connectivity index (χ3v) is 14.7. The molecule has 12 aromatic carbocycles. The molecule has 0 saturated carbocycles. The second-order valence-corrected chi connectivity index (χ2v) is 19.5. The number of benzene rings is 12. The van der Waals surface area contributed by atoms with E-state index in [1.165, 1.54) is 76.5 Å². The number of nitrogens with zero attached hydrogens (tertiary/aromatic N) is 2. The summed E-state index contributed by atoms with van der Waals surface area (Å²) in [5, 5.41) is 9.84. The van der Waals surface area contributed by atoms with Crippen molar-refractivity contribution in [3.8, 4) is 22.3 Å². The van der Waals surface area contributed by atoms with Crippen LogP contribution in [-0.4, -0.2) is 0 Å². The molecule has 0 atom stereocenters. The van der Waals surface area contributed by atoms with E-state index < -0.39 is 0 Å². The molecule has 0 radical (unpaired) electrons. The summed E-state index contributed by atoms with van der Waals surface area (Å²) in [6, 6.07) is 93.4. The van der Waals surface area contributed by atoms with Crippen LogP contribution in [0.5, 0.6) is 0 Å². The molecule has 1 aliphatic rings. The van der Waals surface area contributed by atoms with Crippen LogP contribution in [0.25, 0.3) is 77.5 Å². The molecule has 0 fully saturated rings. The normalized spacial score (nSPS) is 12.7. The Kier molecular flexibility index (Phi) is 10.2. The van der Waals surface area contributed by atoms with Crippen LogP contribution in [-0.2, 0) is 5.41 Å². The number of anilines is 6. The maximum Gasteiger partial charge on any atom is 0.0468 e. The first-order valence-corrected chi connectivity index (χ1v) is 24.6. The lowest BCUT2D eigenvalue weighted by molar-refractivity contribution is 0.660. The molecular weight excluding hydrogens is 857 g/mol. The number of hydrogen-bond donors (Lipinski definition) is 0. The Morgan fingerprint density at radius 3 is 1.01 bits per heavy atom. The predicted octanol–water partition coefficient (Wildman–Crippen LogP) is 19.4. The van der Waals surface area contributed by atoms with Gasteiger partial charge in [0.2, 0.25) is 0 Å². The average Bonchev–Trinajstić information content (AvgIpc) is 3.65. The van der Waals surface area contributed by atoms with E-state index in [1.807, 2.05) is 0 Å². The molecule has 2 heteroatoms. The van der Waals surface area contributed by atoms with Crippen molar-refractivity contribution >= 4 is 89.4 Å². The predicted molar refractivity (Wildman–Crippen MR) is 304 cm³/mol. The third-order valence-electron chi connectivity index (χ3n) is 14.7. The van der Waals surface area contributed by atoms with Crippen molar-refractivity contribution in [3.63, 3.8) is 0 Å². The monoisotopic (exact) mass is 906 g/mol. The van der Waals surface area contributed by atoms with E-state index >= 15 is 0 Å². The molecule has 0 aromatic heterocycles. The van der Waals surface area contributed by atoms with E-state index in [0.29, 0.717) is 0 Å². The van der Waals surface area contributed by atoms with Gasteiger partial charge in [-0.2, -0.15) is 0 Å². The fraction of sp³-hybridized carbons (Fsp3) is 0.0435. The molecule has 0 aliphatic heterocycles. The van der Waals surface area contributed by atoms with E-state index in [4.69, 9.17) is 0 Å². The van der Waals surface area contributed by atoms with Crippen molar-refractivity contribution in [1.82, 2.24) is 0 Å². The minimum Gasteiger partial charge on any atom is -0.310 e. The zero-order valence-electron chi connectivity index (χ0n) is 39.8. The standard InChI is InChI=1S/C69H50N2/c1-69(2)67-45-58(31-39-65(67)66-40-38-64(46-68(66)69)71(62-36-29-51-13-5-9-17-56(51)43-62)63-37-30-52-14-6-10-18-57(52)44-63)53-25-21-47(22-26-53)19-20-48-23-32-59(33-24-48)70(60-34-27-49-11-3-7-15-54(49)41-60)61-35-28-50-12-4-8-16-55(50)42-61/h3-46H,1-2H3/b20-19+. The number of hydrogen-bond acceptors (Lipinski definition) is 2. The molecular formula is C69H50N2. The van der Waals surface area contributed by atoms with Gasteiger partial charge in [0.1, 0.15) is 0 Å². The Morgan fingerprint density at radius 1 is 0.268 bits per heavy atom. The zero-order valence-corrected chi connectivity index (χ0v) is 39.8. The summed E-state index contributed by atoms with van der Waals surface area (Å²) in [7, 11) is 0. The molecule has 0 N–H and O–H groups in total. The highest BCUT2D eigenvalue weighted by Crippen LogP contribution is 2.52. The van der Waals surface area contributed by atoms with Gasteiger partial charge < -0.3 is 9.80 Å². The van der Waals surface area contributed by atoms with Crippen molar-refractivity contribution in [3.05, 3.63) is 277 Å². The van der Waals surface area contributed by atoms with Gasteiger partial charge in [-0.05, 0) is 166 Å². The smallest absolute Gasteiger partial charge is 0.0468 e. The lowest BCUT2D eigenvalue weighted by atomic mass is 9.81. The second-order valence-electron chi connectivity index (χ2n) is 19.5. The van der Waals surface area contributed by atoms with Crippen LogP contribution < -0.4 is 9.80 Å². The molecule has 0 amide bonds. The van der Waals surface area contributed by atoms with E-state index in [2.05, 4.69) is 291 Å². The van der Waals surface area contributed by atoms with Gasteiger partial charge in [-0.15, -0.1) is 0 Å².